The van der Waals surface area contributed by atoms with Crippen LogP contribution < -0.4 is 5.32 Å². The second kappa shape index (κ2) is 6.07. The number of carbonyl (C=O) groups excluding carboxylic acids is 1. The zero-order valence-corrected chi connectivity index (χ0v) is 9.24. The molecule has 0 atom stereocenters. The highest BCUT2D eigenvalue weighted by Crippen LogP contribution is 2.11. The molecule has 0 bridgehead atoms. The predicted molar refractivity (Wildman–Crippen MR) is 60.8 cm³/mol. The quantitative estimate of drug-likeness (QED) is 0.371. The molecule has 0 saturated heterocycles. The van der Waals surface area contributed by atoms with Crippen LogP contribution in [0.15, 0.2) is 24.3 Å². The molecule has 5 nitrogen and oxygen atoms in total. The van der Waals surface area contributed by atoms with Crippen LogP contribution in [0.25, 0.3) is 0 Å². The lowest BCUT2D eigenvalue weighted by Gasteiger charge is -2.03. The Morgan fingerprint density at radius 2 is 2.00 bits per heavy atom. The van der Waals surface area contributed by atoms with E-state index in [0.717, 1.165) is 0 Å². The van der Waals surface area contributed by atoms with Crippen molar-refractivity contribution in [1.29, 1.82) is 0 Å². The average Bonchev–Trinajstić information content (AvgIpc) is 2.29. The third-order valence-corrected chi connectivity index (χ3v) is 2.20. The lowest BCUT2D eigenvalue weighted by molar-refractivity contribution is -0.384. The zero-order chi connectivity index (χ0) is 12.0. The number of halogens is 1. The molecule has 6 heteroatoms. The minimum atomic E-state index is -0.505. The molecule has 0 aliphatic carbocycles. The maximum absolute atomic E-state index is 11.5. The number of hydrogen-bond acceptors (Lipinski definition) is 3. The summed E-state index contributed by atoms with van der Waals surface area (Å²) in [6.45, 7) is 0.499. The van der Waals surface area contributed by atoms with Gasteiger partial charge in [0.15, 0.2) is 0 Å². The zero-order valence-electron chi connectivity index (χ0n) is 8.48. The van der Waals surface area contributed by atoms with Crippen LogP contribution in [0.1, 0.15) is 16.8 Å². The summed E-state index contributed by atoms with van der Waals surface area (Å²) < 4.78 is 0. The Labute approximate surface area is 97.6 Å². The summed E-state index contributed by atoms with van der Waals surface area (Å²) in [5, 5.41) is 13.0. The van der Waals surface area contributed by atoms with Crippen molar-refractivity contribution in [3.8, 4) is 0 Å². The Kier molecular flexibility index (Phi) is 4.72. The van der Waals surface area contributed by atoms with E-state index in [9.17, 15) is 14.9 Å². The summed E-state index contributed by atoms with van der Waals surface area (Å²) in [5.41, 5.74) is 0.373. The van der Waals surface area contributed by atoms with E-state index >= 15 is 0 Å². The standard InChI is InChI=1S/C10H11ClN2O3/c11-6-1-7-12-10(14)8-2-4-9(5-3-8)13(15)16/h2-5H,1,6-7H2,(H,12,14). The fraction of sp³-hybridized carbons (Fsp3) is 0.300. The lowest BCUT2D eigenvalue weighted by atomic mass is 10.2. The first-order chi connectivity index (χ1) is 7.65. The van der Waals surface area contributed by atoms with Gasteiger partial charge in [0.2, 0.25) is 0 Å². The number of amides is 1. The van der Waals surface area contributed by atoms with Crippen LogP contribution in [0, 0.1) is 10.1 Å². The van der Waals surface area contributed by atoms with Crippen LogP contribution in [-0.2, 0) is 0 Å². The smallest absolute Gasteiger partial charge is 0.269 e. The van der Waals surface area contributed by atoms with Crippen molar-refractivity contribution in [2.45, 2.75) is 6.42 Å². The van der Waals surface area contributed by atoms with Gasteiger partial charge in [-0.05, 0) is 18.6 Å². The van der Waals surface area contributed by atoms with Gasteiger partial charge in [-0.15, -0.1) is 11.6 Å². The molecule has 0 aromatic heterocycles. The summed E-state index contributed by atoms with van der Waals surface area (Å²) in [7, 11) is 0. The van der Waals surface area contributed by atoms with E-state index in [1.165, 1.54) is 24.3 Å². The van der Waals surface area contributed by atoms with E-state index in [0.29, 0.717) is 24.4 Å². The molecule has 0 saturated carbocycles. The maximum atomic E-state index is 11.5. The highest BCUT2D eigenvalue weighted by Gasteiger charge is 2.08. The van der Waals surface area contributed by atoms with Gasteiger partial charge in [-0.1, -0.05) is 0 Å². The van der Waals surface area contributed by atoms with Gasteiger partial charge in [-0.25, -0.2) is 0 Å². The van der Waals surface area contributed by atoms with Gasteiger partial charge in [-0.3, -0.25) is 14.9 Å². The number of nitrogens with one attached hydrogen (secondary N) is 1. The number of rotatable bonds is 5. The molecule has 0 unspecified atom stereocenters. The Hall–Kier alpha value is -1.62. The van der Waals surface area contributed by atoms with Crippen molar-refractivity contribution in [3.05, 3.63) is 39.9 Å². The summed E-state index contributed by atoms with van der Waals surface area (Å²) in [6, 6.07) is 5.45. The first-order valence-electron chi connectivity index (χ1n) is 4.74. The third-order valence-electron chi connectivity index (χ3n) is 1.94. The third kappa shape index (κ3) is 3.51. The Morgan fingerprint density at radius 1 is 1.38 bits per heavy atom. The van der Waals surface area contributed by atoms with Crippen molar-refractivity contribution >= 4 is 23.2 Å². The van der Waals surface area contributed by atoms with Gasteiger partial charge in [0.1, 0.15) is 0 Å². The van der Waals surface area contributed by atoms with Gasteiger partial charge in [0.25, 0.3) is 11.6 Å². The highest BCUT2D eigenvalue weighted by atomic mass is 35.5. The molecule has 1 N–H and O–H groups in total. The topological polar surface area (TPSA) is 72.2 Å². The molecule has 0 radical (unpaired) electrons. The van der Waals surface area contributed by atoms with Gasteiger partial charge in [-0.2, -0.15) is 0 Å². The van der Waals surface area contributed by atoms with E-state index in [-0.39, 0.29) is 11.6 Å². The van der Waals surface area contributed by atoms with Crippen LogP contribution in [0.2, 0.25) is 0 Å². The molecule has 1 amide bonds. The molecule has 0 spiro atoms. The Bertz CT molecular complexity index is 378. The van der Waals surface area contributed by atoms with Crippen LogP contribution in [0.5, 0.6) is 0 Å². The molecular weight excluding hydrogens is 232 g/mol. The second-order valence-corrected chi connectivity index (χ2v) is 3.48. The van der Waals surface area contributed by atoms with Crippen LogP contribution in [-0.4, -0.2) is 23.3 Å². The molecule has 0 aliphatic rings. The summed E-state index contributed by atoms with van der Waals surface area (Å²) in [4.78, 5) is 21.4. The van der Waals surface area contributed by atoms with Crippen LogP contribution in [0.3, 0.4) is 0 Å². The average molecular weight is 243 g/mol. The first kappa shape index (κ1) is 12.4. The van der Waals surface area contributed by atoms with Gasteiger partial charge in [0.05, 0.1) is 4.92 Å². The fourth-order valence-corrected chi connectivity index (χ4v) is 1.24. The number of nitro benzene ring substituents is 1. The highest BCUT2D eigenvalue weighted by molar-refractivity contribution is 6.17. The van der Waals surface area contributed by atoms with E-state index in [1.54, 1.807) is 0 Å². The normalized spacial score (nSPS) is 9.81. The SMILES string of the molecule is O=C(NCCCCl)c1ccc([N+](=O)[O-])cc1. The molecule has 0 fully saturated rings. The number of nitrogens with zero attached hydrogens (tertiary/aromatic N) is 1. The number of alkyl halides is 1. The van der Waals surface area contributed by atoms with Crippen molar-refractivity contribution in [1.82, 2.24) is 5.32 Å². The molecule has 86 valence electrons. The molecule has 1 aromatic rings. The van der Waals surface area contributed by atoms with E-state index in [4.69, 9.17) is 11.6 Å². The van der Waals surface area contributed by atoms with Gasteiger partial charge < -0.3 is 5.32 Å². The monoisotopic (exact) mass is 242 g/mol. The summed E-state index contributed by atoms with van der Waals surface area (Å²) >= 11 is 5.46. The first-order valence-corrected chi connectivity index (χ1v) is 5.27. The van der Waals surface area contributed by atoms with Crippen molar-refractivity contribution < 1.29 is 9.72 Å². The van der Waals surface area contributed by atoms with Gasteiger partial charge >= 0.3 is 0 Å². The van der Waals surface area contributed by atoms with E-state index < -0.39 is 4.92 Å². The second-order valence-electron chi connectivity index (χ2n) is 3.10. The maximum Gasteiger partial charge on any atom is 0.269 e. The van der Waals surface area contributed by atoms with Crippen LogP contribution >= 0.6 is 11.6 Å². The predicted octanol–water partition coefficient (Wildman–Crippen LogP) is 1.95. The fourth-order valence-electron chi connectivity index (χ4n) is 1.11. The molecular formula is C10H11ClN2O3. The summed E-state index contributed by atoms with van der Waals surface area (Å²) in [5.74, 6) is 0.237. The lowest BCUT2D eigenvalue weighted by Crippen LogP contribution is -2.24. The van der Waals surface area contributed by atoms with Crippen molar-refractivity contribution in [2.75, 3.05) is 12.4 Å². The van der Waals surface area contributed by atoms with Gasteiger partial charge in [0, 0.05) is 30.1 Å². The molecule has 1 aromatic carbocycles. The Balaban J connectivity index is 2.59. The molecule has 0 heterocycles. The number of nitro groups is 1. The molecule has 16 heavy (non-hydrogen) atoms. The molecule has 1 rings (SSSR count). The molecule has 0 aliphatic heterocycles. The number of benzene rings is 1. The van der Waals surface area contributed by atoms with Crippen LogP contribution in [0.4, 0.5) is 5.69 Å². The van der Waals surface area contributed by atoms with E-state index in [1.807, 2.05) is 0 Å². The largest absolute Gasteiger partial charge is 0.352 e. The Morgan fingerprint density at radius 3 is 2.50 bits per heavy atom. The van der Waals surface area contributed by atoms with E-state index in [2.05, 4.69) is 5.32 Å². The van der Waals surface area contributed by atoms with Crippen molar-refractivity contribution in [2.24, 2.45) is 0 Å². The minimum absolute atomic E-state index is 0.0303. The minimum Gasteiger partial charge on any atom is -0.352 e. The number of carbonyl (C=O) groups is 1. The number of non-ortho nitro benzene ring substituents is 1. The van der Waals surface area contributed by atoms with Crippen molar-refractivity contribution in [3.63, 3.8) is 0 Å². The number of hydrogen-bond donors (Lipinski definition) is 1. The summed E-state index contributed by atoms with van der Waals surface area (Å²) in [6.07, 6.45) is 0.695.